The van der Waals surface area contributed by atoms with Crippen molar-refractivity contribution in [1.82, 2.24) is 9.29 Å². The molecule has 0 spiro atoms. The number of hydrogen-bond acceptors (Lipinski definition) is 5. The van der Waals surface area contributed by atoms with Gasteiger partial charge < -0.3 is 5.32 Å². The summed E-state index contributed by atoms with van der Waals surface area (Å²) in [5.74, 6) is -0.338. The molecule has 3 rings (SSSR count). The molecule has 0 aliphatic heterocycles. The highest BCUT2D eigenvalue weighted by atomic mass is 32.2. The van der Waals surface area contributed by atoms with E-state index in [0.717, 1.165) is 15.2 Å². The van der Waals surface area contributed by atoms with Crippen LogP contribution in [0, 0.1) is 13.8 Å². The summed E-state index contributed by atoms with van der Waals surface area (Å²) in [6.45, 7) is 8.07. The summed E-state index contributed by atoms with van der Waals surface area (Å²) < 4.78 is 27.9. The number of thiazole rings is 1. The molecule has 8 heteroatoms. The molecular weight excluding hydrogens is 394 g/mol. The molecule has 6 nitrogen and oxygen atoms in total. The second-order valence-corrected chi connectivity index (χ2v) is 9.61. The lowest BCUT2D eigenvalue weighted by atomic mass is 10.1. The maximum Gasteiger partial charge on any atom is 0.255 e. The van der Waals surface area contributed by atoms with E-state index in [9.17, 15) is 13.2 Å². The van der Waals surface area contributed by atoms with Crippen molar-refractivity contribution in [2.75, 3.05) is 18.4 Å². The van der Waals surface area contributed by atoms with Crippen molar-refractivity contribution < 1.29 is 13.2 Å². The van der Waals surface area contributed by atoms with Crippen LogP contribution in [0.25, 0.3) is 10.2 Å². The van der Waals surface area contributed by atoms with E-state index < -0.39 is 10.0 Å². The Hall–Kier alpha value is -2.29. The predicted octanol–water partition coefficient (Wildman–Crippen LogP) is 4.20. The Bertz CT molecular complexity index is 1130. The van der Waals surface area contributed by atoms with Crippen LogP contribution in [0.3, 0.4) is 0 Å². The first-order valence-electron chi connectivity index (χ1n) is 9.05. The second-order valence-electron chi connectivity index (χ2n) is 6.44. The topological polar surface area (TPSA) is 79.4 Å². The zero-order chi connectivity index (χ0) is 20.5. The van der Waals surface area contributed by atoms with E-state index in [2.05, 4.69) is 10.3 Å². The molecule has 0 aliphatic carbocycles. The molecule has 0 radical (unpaired) electrons. The number of sulfonamides is 1. The van der Waals surface area contributed by atoms with E-state index >= 15 is 0 Å². The number of nitrogens with one attached hydrogen (secondary N) is 1. The standard InChI is InChI=1S/C20H23N3O3S2/c1-5-23(6-2)28(25,26)16-9-7-13(3)17(12-16)20(24)22-15-8-10-18-19(11-15)27-14(4)21-18/h7-12H,5-6H2,1-4H3,(H,22,24). The van der Waals surface area contributed by atoms with Crippen molar-refractivity contribution in [3.63, 3.8) is 0 Å². The predicted molar refractivity (Wildman–Crippen MR) is 114 cm³/mol. The summed E-state index contributed by atoms with van der Waals surface area (Å²) in [4.78, 5) is 17.4. The molecule has 0 saturated heterocycles. The first-order valence-corrected chi connectivity index (χ1v) is 11.3. The highest BCUT2D eigenvalue weighted by Crippen LogP contribution is 2.26. The highest BCUT2D eigenvalue weighted by Gasteiger charge is 2.23. The Morgan fingerprint density at radius 1 is 1.11 bits per heavy atom. The van der Waals surface area contributed by atoms with Gasteiger partial charge in [0.2, 0.25) is 10.0 Å². The minimum atomic E-state index is -3.63. The zero-order valence-electron chi connectivity index (χ0n) is 16.3. The van der Waals surface area contributed by atoms with E-state index in [0.29, 0.717) is 29.9 Å². The minimum absolute atomic E-state index is 0.125. The van der Waals surface area contributed by atoms with Gasteiger partial charge in [0.05, 0.1) is 20.1 Å². The SMILES string of the molecule is CCN(CC)S(=O)(=O)c1ccc(C)c(C(=O)Nc2ccc3nc(C)sc3c2)c1. The lowest BCUT2D eigenvalue weighted by Crippen LogP contribution is -2.30. The van der Waals surface area contributed by atoms with Gasteiger partial charge in [0, 0.05) is 24.3 Å². The molecule has 1 heterocycles. The summed E-state index contributed by atoms with van der Waals surface area (Å²) in [5, 5.41) is 3.83. The molecule has 28 heavy (non-hydrogen) atoms. The molecule has 0 unspecified atom stereocenters. The largest absolute Gasteiger partial charge is 0.322 e. The molecule has 2 aromatic carbocycles. The molecule has 0 bridgehead atoms. The van der Waals surface area contributed by atoms with E-state index in [1.807, 2.05) is 19.1 Å². The number of amides is 1. The molecule has 0 saturated carbocycles. The Balaban J connectivity index is 1.92. The fraction of sp³-hybridized carbons (Fsp3) is 0.300. The van der Waals surface area contributed by atoms with E-state index in [1.54, 1.807) is 50.3 Å². The van der Waals surface area contributed by atoms with Crippen molar-refractivity contribution >= 4 is 43.2 Å². The Morgan fingerprint density at radius 2 is 1.82 bits per heavy atom. The van der Waals surface area contributed by atoms with Gasteiger partial charge in [0.15, 0.2) is 0 Å². The van der Waals surface area contributed by atoms with E-state index in [4.69, 9.17) is 0 Å². The summed E-state index contributed by atoms with van der Waals surface area (Å²) in [6, 6.07) is 10.2. The summed E-state index contributed by atoms with van der Waals surface area (Å²) in [5.41, 5.74) is 2.60. The fourth-order valence-corrected chi connectivity index (χ4v) is 5.39. The van der Waals surface area contributed by atoms with Gasteiger partial charge in [0.25, 0.3) is 5.91 Å². The fourth-order valence-electron chi connectivity index (χ4n) is 3.03. The molecule has 1 aromatic heterocycles. The van der Waals surface area contributed by atoms with Crippen LogP contribution in [0.1, 0.15) is 34.8 Å². The number of aryl methyl sites for hydroxylation is 2. The first-order chi connectivity index (χ1) is 13.3. The molecule has 1 N–H and O–H groups in total. The van der Waals surface area contributed by atoms with Crippen LogP contribution in [0.2, 0.25) is 0 Å². The Labute approximate surface area is 169 Å². The van der Waals surface area contributed by atoms with Crippen molar-refractivity contribution in [2.45, 2.75) is 32.6 Å². The van der Waals surface area contributed by atoms with Crippen LogP contribution in [-0.4, -0.2) is 36.7 Å². The average Bonchev–Trinajstić information content (AvgIpc) is 3.01. The quantitative estimate of drug-likeness (QED) is 0.652. The van der Waals surface area contributed by atoms with Crippen molar-refractivity contribution in [3.05, 3.63) is 52.5 Å². The molecule has 3 aromatic rings. The number of aromatic nitrogens is 1. The van der Waals surface area contributed by atoms with Gasteiger partial charge >= 0.3 is 0 Å². The molecule has 0 atom stereocenters. The molecule has 148 valence electrons. The third-order valence-electron chi connectivity index (χ3n) is 4.55. The average molecular weight is 418 g/mol. The van der Waals surface area contributed by atoms with Crippen molar-refractivity contribution in [2.24, 2.45) is 0 Å². The van der Waals surface area contributed by atoms with Gasteiger partial charge in [-0.15, -0.1) is 11.3 Å². The maximum atomic E-state index is 12.8. The lowest BCUT2D eigenvalue weighted by Gasteiger charge is -2.19. The smallest absolute Gasteiger partial charge is 0.255 e. The molecule has 0 aliphatic rings. The number of anilines is 1. The third kappa shape index (κ3) is 3.94. The Kier molecular flexibility index (Phi) is 5.83. The molecule has 1 amide bonds. The van der Waals surface area contributed by atoms with Crippen LogP contribution in [0.15, 0.2) is 41.3 Å². The number of carbonyl (C=O) groups excluding carboxylic acids is 1. The van der Waals surface area contributed by atoms with Crippen LogP contribution < -0.4 is 5.32 Å². The van der Waals surface area contributed by atoms with Gasteiger partial charge in [-0.1, -0.05) is 19.9 Å². The normalized spacial score (nSPS) is 11.9. The number of nitrogens with zero attached hydrogens (tertiary/aromatic N) is 2. The van der Waals surface area contributed by atoms with Crippen LogP contribution in [-0.2, 0) is 10.0 Å². The molecule has 0 fully saturated rings. The summed E-state index contributed by atoms with van der Waals surface area (Å²) in [7, 11) is -3.63. The number of rotatable bonds is 6. The monoisotopic (exact) mass is 417 g/mol. The number of hydrogen-bond donors (Lipinski definition) is 1. The number of carbonyl (C=O) groups is 1. The lowest BCUT2D eigenvalue weighted by molar-refractivity contribution is 0.102. The van der Waals surface area contributed by atoms with Crippen molar-refractivity contribution in [3.8, 4) is 0 Å². The van der Waals surface area contributed by atoms with Gasteiger partial charge in [-0.25, -0.2) is 13.4 Å². The van der Waals surface area contributed by atoms with Crippen LogP contribution in [0.5, 0.6) is 0 Å². The maximum absolute atomic E-state index is 12.8. The number of fused-ring (bicyclic) bond motifs is 1. The highest BCUT2D eigenvalue weighted by molar-refractivity contribution is 7.89. The third-order valence-corrected chi connectivity index (χ3v) is 7.53. The molecular formula is C20H23N3O3S2. The minimum Gasteiger partial charge on any atom is -0.322 e. The number of benzene rings is 2. The zero-order valence-corrected chi connectivity index (χ0v) is 17.9. The van der Waals surface area contributed by atoms with E-state index in [1.165, 1.54) is 10.4 Å². The first kappa shape index (κ1) is 20.4. The van der Waals surface area contributed by atoms with Crippen LogP contribution in [0.4, 0.5) is 5.69 Å². The van der Waals surface area contributed by atoms with Gasteiger partial charge in [-0.3, -0.25) is 4.79 Å². The summed E-state index contributed by atoms with van der Waals surface area (Å²) in [6.07, 6.45) is 0. The van der Waals surface area contributed by atoms with E-state index in [-0.39, 0.29) is 10.8 Å². The van der Waals surface area contributed by atoms with Gasteiger partial charge in [-0.2, -0.15) is 4.31 Å². The Morgan fingerprint density at radius 3 is 2.50 bits per heavy atom. The van der Waals surface area contributed by atoms with Crippen molar-refractivity contribution in [1.29, 1.82) is 0 Å². The summed E-state index contributed by atoms with van der Waals surface area (Å²) >= 11 is 1.56. The van der Waals surface area contributed by atoms with Gasteiger partial charge in [0.1, 0.15) is 0 Å². The second kappa shape index (κ2) is 7.98. The van der Waals surface area contributed by atoms with Crippen LogP contribution >= 0.6 is 11.3 Å². The van der Waals surface area contributed by atoms with Gasteiger partial charge in [-0.05, 0) is 49.7 Å².